The van der Waals surface area contributed by atoms with Crippen molar-refractivity contribution in [3.8, 4) is 0 Å². The number of carboxylic acids is 1. The lowest BCUT2D eigenvalue weighted by atomic mass is 10.2. The summed E-state index contributed by atoms with van der Waals surface area (Å²) >= 11 is 0. The number of rotatable bonds is 4. The third-order valence-corrected chi connectivity index (χ3v) is 2.66. The molecular formula is C13H13FN4O3. The number of carboxylic acid groups (broad SMARTS) is 1. The molecule has 0 radical (unpaired) electrons. The van der Waals surface area contributed by atoms with Gasteiger partial charge in [0, 0.05) is 13.2 Å². The third kappa shape index (κ3) is 3.78. The van der Waals surface area contributed by atoms with Gasteiger partial charge in [0.25, 0.3) is 0 Å². The van der Waals surface area contributed by atoms with Crippen LogP contribution in [0.2, 0.25) is 0 Å². The quantitative estimate of drug-likeness (QED) is 0.797. The SMILES string of the molecule is Cn1ccc(CNC(=O)Nc2cc(C(=O)O)ccc2F)n1. The molecule has 2 aromatic rings. The van der Waals surface area contributed by atoms with Gasteiger partial charge in [-0.3, -0.25) is 4.68 Å². The molecule has 8 heteroatoms. The summed E-state index contributed by atoms with van der Waals surface area (Å²) in [4.78, 5) is 22.5. The molecule has 0 bridgehead atoms. The molecule has 0 spiro atoms. The molecule has 0 aliphatic rings. The molecule has 110 valence electrons. The van der Waals surface area contributed by atoms with E-state index in [-0.39, 0.29) is 17.8 Å². The highest BCUT2D eigenvalue weighted by Crippen LogP contribution is 2.16. The van der Waals surface area contributed by atoms with Crippen molar-refractivity contribution >= 4 is 17.7 Å². The summed E-state index contributed by atoms with van der Waals surface area (Å²) in [5.41, 5.74) is 0.331. The molecule has 3 N–H and O–H groups in total. The number of aromatic nitrogens is 2. The lowest BCUT2D eigenvalue weighted by Gasteiger charge is -2.08. The van der Waals surface area contributed by atoms with Gasteiger partial charge in [-0.1, -0.05) is 0 Å². The Hall–Kier alpha value is -2.90. The fourth-order valence-corrected chi connectivity index (χ4v) is 1.65. The molecule has 2 amide bonds. The second-order valence-electron chi connectivity index (χ2n) is 4.29. The van der Waals surface area contributed by atoms with E-state index in [1.807, 2.05) is 0 Å². The van der Waals surface area contributed by atoms with Crippen molar-refractivity contribution in [2.75, 3.05) is 5.32 Å². The number of nitrogens with one attached hydrogen (secondary N) is 2. The number of carbonyl (C=O) groups excluding carboxylic acids is 1. The van der Waals surface area contributed by atoms with Crippen LogP contribution in [0.5, 0.6) is 0 Å². The maximum atomic E-state index is 13.5. The highest BCUT2D eigenvalue weighted by atomic mass is 19.1. The van der Waals surface area contributed by atoms with Crippen LogP contribution in [0.25, 0.3) is 0 Å². The molecule has 0 saturated heterocycles. The molecule has 0 atom stereocenters. The highest BCUT2D eigenvalue weighted by molar-refractivity contribution is 5.93. The van der Waals surface area contributed by atoms with Gasteiger partial charge in [-0.15, -0.1) is 0 Å². The number of anilines is 1. The van der Waals surface area contributed by atoms with Crippen molar-refractivity contribution < 1.29 is 19.1 Å². The Bertz CT molecular complexity index is 684. The molecule has 7 nitrogen and oxygen atoms in total. The topological polar surface area (TPSA) is 96.2 Å². The van der Waals surface area contributed by atoms with Crippen LogP contribution in [-0.4, -0.2) is 26.9 Å². The summed E-state index contributed by atoms with van der Waals surface area (Å²) in [6.45, 7) is 0.174. The number of benzene rings is 1. The first-order valence-electron chi connectivity index (χ1n) is 6.02. The number of hydrogen-bond acceptors (Lipinski definition) is 3. The van der Waals surface area contributed by atoms with Crippen molar-refractivity contribution in [1.82, 2.24) is 15.1 Å². The van der Waals surface area contributed by atoms with E-state index in [4.69, 9.17) is 5.11 Å². The molecular weight excluding hydrogens is 279 g/mol. The Balaban J connectivity index is 1.99. The van der Waals surface area contributed by atoms with Gasteiger partial charge in [0.05, 0.1) is 23.5 Å². The second-order valence-corrected chi connectivity index (χ2v) is 4.29. The van der Waals surface area contributed by atoms with Crippen LogP contribution < -0.4 is 10.6 Å². The Morgan fingerprint density at radius 1 is 1.38 bits per heavy atom. The maximum Gasteiger partial charge on any atom is 0.335 e. The molecule has 1 aromatic carbocycles. The average molecular weight is 292 g/mol. The number of halogens is 1. The van der Waals surface area contributed by atoms with E-state index in [0.717, 1.165) is 18.2 Å². The predicted octanol–water partition coefficient (Wildman–Crippen LogP) is 1.58. The van der Waals surface area contributed by atoms with E-state index < -0.39 is 17.8 Å². The second kappa shape index (κ2) is 6.04. The van der Waals surface area contributed by atoms with E-state index in [2.05, 4.69) is 15.7 Å². The molecule has 0 fully saturated rings. The van der Waals surface area contributed by atoms with E-state index in [9.17, 15) is 14.0 Å². The fraction of sp³-hybridized carbons (Fsp3) is 0.154. The van der Waals surface area contributed by atoms with Crippen LogP contribution in [0.15, 0.2) is 30.5 Å². The Morgan fingerprint density at radius 3 is 2.76 bits per heavy atom. The third-order valence-electron chi connectivity index (χ3n) is 2.66. The molecule has 1 heterocycles. The van der Waals surface area contributed by atoms with Gasteiger partial charge in [-0.2, -0.15) is 5.10 Å². The predicted molar refractivity (Wildman–Crippen MR) is 72.4 cm³/mol. The Kier molecular flexibility index (Phi) is 4.17. The molecule has 0 saturated carbocycles. The smallest absolute Gasteiger partial charge is 0.335 e. The van der Waals surface area contributed by atoms with Gasteiger partial charge in [0.2, 0.25) is 0 Å². The number of nitrogens with zero attached hydrogens (tertiary/aromatic N) is 2. The lowest BCUT2D eigenvalue weighted by Crippen LogP contribution is -2.28. The first kappa shape index (κ1) is 14.5. The van der Waals surface area contributed by atoms with Gasteiger partial charge in [-0.25, -0.2) is 14.0 Å². The molecule has 0 unspecified atom stereocenters. The summed E-state index contributed by atoms with van der Waals surface area (Å²) in [5.74, 6) is -1.92. The average Bonchev–Trinajstić information content (AvgIpc) is 2.84. The molecule has 21 heavy (non-hydrogen) atoms. The number of aromatic carboxylic acids is 1. The van der Waals surface area contributed by atoms with Crippen LogP contribution in [0.4, 0.5) is 14.9 Å². The first-order valence-corrected chi connectivity index (χ1v) is 6.02. The van der Waals surface area contributed by atoms with Crippen molar-refractivity contribution in [3.63, 3.8) is 0 Å². The minimum absolute atomic E-state index is 0.114. The van der Waals surface area contributed by atoms with Crippen LogP contribution in [0.3, 0.4) is 0 Å². The summed E-state index contributed by atoms with van der Waals surface area (Å²) in [6, 6.07) is 4.23. The van der Waals surface area contributed by atoms with E-state index in [1.54, 1.807) is 24.0 Å². The lowest BCUT2D eigenvalue weighted by molar-refractivity contribution is 0.0697. The van der Waals surface area contributed by atoms with Crippen LogP contribution in [0, 0.1) is 5.82 Å². The van der Waals surface area contributed by atoms with Crippen LogP contribution in [-0.2, 0) is 13.6 Å². The number of aryl methyl sites for hydroxylation is 1. The monoisotopic (exact) mass is 292 g/mol. The minimum Gasteiger partial charge on any atom is -0.478 e. The van der Waals surface area contributed by atoms with Gasteiger partial charge >= 0.3 is 12.0 Å². The van der Waals surface area contributed by atoms with Gasteiger partial charge in [-0.05, 0) is 24.3 Å². The van der Waals surface area contributed by atoms with Gasteiger partial charge < -0.3 is 15.7 Å². The first-order chi connectivity index (χ1) is 9.95. The largest absolute Gasteiger partial charge is 0.478 e. The van der Waals surface area contributed by atoms with Crippen molar-refractivity contribution in [2.45, 2.75) is 6.54 Å². The Morgan fingerprint density at radius 2 is 2.14 bits per heavy atom. The number of hydrogen-bond donors (Lipinski definition) is 3. The van der Waals surface area contributed by atoms with Crippen LogP contribution >= 0.6 is 0 Å². The van der Waals surface area contributed by atoms with E-state index in [0.29, 0.717) is 5.69 Å². The minimum atomic E-state index is -1.20. The van der Waals surface area contributed by atoms with E-state index >= 15 is 0 Å². The summed E-state index contributed by atoms with van der Waals surface area (Å²) in [7, 11) is 1.75. The number of urea groups is 1. The van der Waals surface area contributed by atoms with E-state index in [1.165, 1.54) is 0 Å². The van der Waals surface area contributed by atoms with Crippen molar-refractivity contribution in [3.05, 3.63) is 47.5 Å². The maximum absolute atomic E-state index is 13.5. The standard InChI is InChI=1S/C13H13FN4O3/c1-18-5-4-9(17-18)7-15-13(21)16-11-6-8(12(19)20)2-3-10(11)14/h2-6H,7H2,1H3,(H,19,20)(H2,15,16,21). The fourth-order valence-electron chi connectivity index (χ4n) is 1.65. The number of amides is 2. The van der Waals surface area contributed by atoms with Crippen molar-refractivity contribution in [1.29, 1.82) is 0 Å². The normalized spacial score (nSPS) is 10.2. The molecule has 0 aliphatic carbocycles. The van der Waals surface area contributed by atoms with Gasteiger partial charge in [0.1, 0.15) is 5.82 Å². The summed E-state index contributed by atoms with van der Waals surface area (Å²) in [5, 5.41) is 17.7. The van der Waals surface area contributed by atoms with Crippen molar-refractivity contribution in [2.24, 2.45) is 7.05 Å². The summed E-state index contributed by atoms with van der Waals surface area (Å²) in [6.07, 6.45) is 1.73. The zero-order chi connectivity index (χ0) is 15.4. The molecule has 2 rings (SSSR count). The molecule has 1 aromatic heterocycles. The number of carbonyl (C=O) groups is 2. The van der Waals surface area contributed by atoms with Crippen LogP contribution in [0.1, 0.15) is 16.1 Å². The highest BCUT2D eigenvalue weighted by Gasteiger charge is 2.11. The zero-order valence-corrected chi connectivity index (χ0v) is 11.1. The summed E-state index contributed by atoms with van der Waals surface area (Å²) < 4.78 is 15.1. The van der Waals surface area contributed by atoms with Gasteiger partial charge in [0.15, 0.2) is 0 Å². The molecule has 0 aliphatic heterocycles. The Labute approximate surface area is 119 Å². The zero-order valence-electron chi connectivity index (χ0n) is 11.1.